The van der Waals surface area contributed by atoms with Crippen LogP contribution in [0.1, 0.15) is 12.5 Å². The molecule has 2 rings (SSSR count). The van der Waals surface area contributed by atoms with E-state index >= 15 is 0 Å². The Hall–Kier alpha value is -2.30. The highest BCUT2D eigenvalue weighted by Gasteiger charge is 2.14. The van der Waals surface area contributed by atoms with Crippen molar-refractivity contribution in [2.24, 2.45) is 5.10 Å². The van der Waals surface area contributed by atoms with Crippen molar-refractivity contribution in [3.05, 3.63) is 40.2 Å². The quantitative estimate of drug-likeness (QED) is 0.622. The third-order valence-corrected chi connectivity index (χ3v) is 2.61. The average Bonchev–Trinajstić information content (AvgIpc) is 2.27. The zero-order chi connectivity index (χ0) is 13.3. The van der Waals surface area contributed by atoms with Gasteiger partial charge in [0.15, 0.2) is 0 Å². The Balaban J connectivity index is 2.76. The van der Waals surface area contributed by atoms with Crippen LogP contribution in [0.5, 0.6) is 5.75 Å². The minimum Gasteiger partial charge on any atom is -0.506 e. The summed E-state index contributed by atoms with van der Waals surface area (Å²) in [6.07, 6.45) is 0. The number of para-hydroxylation sites is 1. The smallest absolute Gasteiger partial charge is 0.261 e. The van der Waals surface area contributed by atoms with E-state index in [-0.39, 0.29) is 16.9 Å². The van der Waals surface area contributed by atoms with E-state index in [2.05, 4.69) is 10.1 Å². The standard InChI is InChI=1S/C13H15N3O2/c1-8(15-16(2)3)11-12(17)9-6-4-5-7-10(9)14-13(11)18/h4-7H,1-3H3,(H2,14,17,18)/b15-8+. The molecule has 18 heavy (non-hydrogen) atoms. The van der Waals surface area contributed by atoms with Crippen LogP contribution in [-0.2, 0) is 0 Å². The number of aromatic nitrogens is 1. The second-order valence-electron chi connectivity index (χ2n) is 4.26. The Morgan fingerprint density at radius 1 is 1.33 bits per heavy atom. The number of hydrazone groups is 1. The predicted molar refractivity (Wildman–Crippen MR) is 72.1 cm³/mol. The van der Waals surface area contributed by atoms with Gasteiger partial charge in [-0.05, 0) is 19.1 Å². The second kappa shape index (κ2) is 4.52. The van der Waals surface area contributed by atoms with Gasteiger partial charge in [0.05, 0.1) is 11.2 Å². The minimum atomic E-state index is -0.339. The molecular weight excluding hydrogens is 230 g/mol. The first-order valence-electron chi connectivity index (χ1n) is 5.57. The van der Waals surface area contributed by atoms with E-state index in [4.69, 9.17) is 0 Å². The molecule has 0 amide bonds. The Morgan fingerprint density at radius 3 is 2.67 bits per heavy atom. The maximum absolute atomic E-state index is 12.0. The summed E-state index contributed by atoms with van der Waals surface area (Å²) >= 11 is 0. The first kappa shape index (κ1) is 12.2. The molecular formula is C13H15N3O2. The summed E-state index contributed by atoms with van der Waals surface area (Å²) in [5.74, 6) is -0.0301. The van der Waals surface area contributed by atoms with Crippen LogP contribution in [0.2, 0.25) is 0 Å². The number of aromatic amines is 1. The molecule has 0 aliphatic carbocycles. The van der Waals surface area contributed by atoms with Gasteiger partial charge < -0.3 is 15.1 Å². The third-order valence-electron chi connectivity index (χ3n) is 2.61. The number of nitrogens with zero attached hydrogens (tertiary/aromatic N) is 2. The fraction of sp³-hybridized carbons (Fsp3) is 0.231. The lowest BCUT2D eigenvalue weighted by atomic mass is 10.1. The van der Waals surface area contributed by atoms with Crippen molar-refractivity contribution in [3.63, 3.8) is 0 Å². The van der Waals surface area contributed by atoms with Crippen molar-refractivity contribution >= 4 is 16.6 Å². The molecule has 0 saturated heterocycles. The molecule has 0 saturated carbocycles. The van der Waals surface area contributed by atoms with Crippen LogP contribution in [0, 0.1) is 0 Å². The summed E-state index contributed by atoms with van der Waals surface area (Å²) in [5.41, 5.74) is 0.961. The SMILES string of the molecule is C/C(=N\N(C)C)c1c(O)c2ccccc2[nH]c1=O. The van der Waals surface area contributed by atoms with Crippen molar-refractivity contribution in [3.8, 4) is 5.75 Å². The molecule has 2 aromatic rings. The van der Waals surface area contributed by atoms with Gasteiger partial charge in [0.2, 0.25) is 0 Å². The van der Waals surface area contributed by atoms with Crippen molar-refractivity contribution in [2.45, 2.75) is 6.92 Å². The first-order chi connectivity index (χ1) is 8.50. The summed E-state index contributed by atoms with van der Waals surface area (Å²) < 4.78 is 0. The lowest BCUT2D eigenvalue weighted by Crippen LogP contribution is -2.19. The molecule has 0 aliphatic rings. The maximum atomic E-state index is 12.0. The topological polar surface area (TPSA) is 68.7 Å². The number of pyridine rings is 1. The molecule has 5 heteroatoms. The lowest BCUT2D eigenvalue weighted by molar-refractivity contribution is 0.436. The summed E-state index contributed by atoms with van der Waals surface area (Å²) in [6.45, 7) is 1.69. The van der Waals surface area contributed by atoms with Crippen LogP contribution in [0.25, 0.3) is 10.9 Å². The van der Waals surface area contributed by atoms with E-state index in [1.165, 1.54) is 0 Å². The van der Waals surface area contributed by atoms with E-state index < -0.39 is 0 Å². The highest BCUT2D eigenvalue weighted by atomic mass is 16.3. The molecule has 1 aromatic heterocycles. The predicted octanol–water partition coefficient (Wildman–Crippen LogP) is 1.52. The van der Waals surface area contributed by atoms with Crippen LogP contribution in [-0.4, -0.2) is 34.9 Å². The van der Waals surface area contributed by atoms with E-state index in [9.17, 15) is 9.90 Å². The van der Waals surface area contributed by atoms with Gasteiger partial charge >= 0.3 is 0 Å². The number of H-pyrrole nitrogens is 1. The van der Waals surface area contributed by atoms with Gasteiger partial charge in [0.25, 0.3) is 5.56 Å². The molecule has 0 radical (unpaired) electrons. The van der Waals surface area contributed by atoms with Gasteiger partial charge in [0.1, 0.15) is 11.3 Å². The highest BCUT2D eigenvalue weighted by molar-refractivity contribution is 6.04. The Bertz CT molecular complexity index is 671. The largest absolute Gasteiger partial charge is 0.506 e. The van der Waals surface area contributed by atoms with Gasteiger partial charge in [-0.1, -0.05) is 12.1 Å². The van der Waals surface area contributed by atoms with Crippen LogP contribution >= 0.6 is 0 Å². The van der Waals surface area contributed by atoms with Gasteiger partial charge in [-0.3, -0.25) is 4.79 Å². The zero-order valence-electron chi connectivity index (χ0n) is 10.6. The first-order valence-corrected chi connectivity index (χ1v) is 5.57. The number of aromatic hydroxyl groups is 1. The highest BCUT2D eigenvalue weighted by Crippen LogP contribution is 2.24. The molecule has 0 bridgehead atoms. The molecule has 5 nitrogen and oxygen atoms in total. The zero-order valence-corrected chi connectivity index (χ0v) is 10.6. The maximum Gasteiger partial charge on any atom is 0.261 e. The summed E-state index contributed by atoms with van der Waals surface area (Å²) in [6, 6.07) is 7.12. The van der Waals surface area contributed by atoms with Gasteiger partial charge in [-0.25, -0.2) is 0 Å². The molecule has 1 aromatic carbocycles. The van der Waals surface area contributed by atoms with E-state index in [0.29, 0.717) is 16.6 Å². The van der Waals surface area contributed by atoms with Crippen molar-refractivity contribution < 1.29 is 5.11 Å². The molecule has 2 N–H and O–H groups in total. The number of fused-ring (bicyclic) bond motifs is 1. The fourth-order valence-corrected chi connectivity index (χ4v) is 1.91. The second-order valence-corrected chi connectivity index (χ2v) is 4.26. The molecule has 1 heterocycles. The lowest BCUT2D eigenvalue weighted by Gasteiger charge is -2.09. The van der Waals surface area contributed by atoms with E-state index in [1.807, 2.05) is 6.07 Å². The van der Waals surface area contributed by atoms with Crippen molar-refractivity contribution in [2.75, 3.05) is 14.1 Å². The average molecular weight is 245 g/mol. The third kappa shape index (κ3) is 2.07. The van der Waals surface area contributed by atoms with Crippen LogP contribution < -0.4 is 5.56 Å². The summed E-state index contributed by atoms with van der Waals surface area (Å²) in [7, 11) is 3.52. The number of hydrogen-bond acceptors (Lipinski definition) is 4. The van der Waals surface area contributed by atoms with Crippen molar-refractivity contribution in [1.29, 1.82) is 0 Å². The molecule has 94 valence electrons. The Labute approximate surface area is 104 Å². The van der Waals surface area contributed by atoms with E-state index in [0.717, 1.165) is 0 Å². The van der Waals surface area contributed by atoms with E-state index in [1.54, 1.807) is 44.2 Å². The Morgan fingerprint density at radius 2 is 2.00 bits per heavy atom. The number of nitrogens with one attached hydrogen (secondary N) is 1. The molecule has 0 unspecified atom stereocenters. The molecule has 0 aliphatic heterocycles. The minimum absolute atomic E-state index is 0.0301. The molecule has 0 fully saturated rings. The number of benzene rings is 1. The summed E-state index contributed by atoms with van der Waals surface area (Å²) in [5, 5.41) is 16.5. The summed E-state index contributed by atoms with van der Waals surface area (Å²) in [4.78, 5) is 14.7. The van der Waals surface area contributed by atoms with Gasteiger partial charge in [-0.2, -0.15) is 5.10 Å². The normalized spacial score (nSPS) is 11.8. The monoisotopic (exact) mass is 245 g/mol. The molecule has 0 spiro atoms. The van der Waals surface area contributed by atoms with Gasteiger partial charge in [0, 0.05) is 19.5 Å². The molecule has 0 atom stereocenters. The number of rotatable bonds is 2. The fourth-order valence-electron chi connectivity index (χ4n) is 1.91. The van der Waals surface area contributed by atoms with Crippen molar-refractivity contribution in [1.82, 2.24) is 9.99 Å². The van der Waals surface area contributed by atoms with Crippen LogP contribution in [0.15, 0.2) is 34.2 Å². The van der Waals surface area contributed by atoms with Gasteiger partial charge in [-0.15, -0.1) is 0 Å². The number of hydrogen-bond donors (Lipinski definition) is 2. The van der Waals surface area contributed by atoms with Crippen LogP contribution in [0.4, 0.5) is 0 Å². The Kier molecular flexibility index (Phi) is 3.06. The van der Waals surface area contributed by atoms with Crippen LogP contribution in [0.3, 0.4) is 0 Å².